The third kappa shape index (κ3) is 7.95. The molecule has 3 atom stereocenters. The molecule has 6 heteroatoms. The Morgan fingerprint density at radius 1 is 0.906 bits per heavy atom. The maximum absolute atomic E-state index is 12.8. The predicted molar refractivity (Wildman–Crippen MR) is 126 cm³/mol. The van der Waals surface area contributed by atoms with Crippen LogP contribution in [0, 0.1) is 5.92 Å². The molecule has 1 unspecified atom stereocenters. The van der Waals surface area contributed by atoms with E-state index in [1.807, 2.05) is 74.5 Å². The van der Waals surface area contributed by atoms with Crippen LogP contribution in [-0.2, 0) is 22.7 Å². The van der Waals surface area contributed by atoms with Crippen molar-refractivity contribution in [1.82, 2.24) is 10.2 Å². The molecule has 0 radical (unpaired) electrons. The van der Waals surface area contributed by atoms with Crippen molar-refractivity contribution >= 4 is 12.2 Å². The van der Waals surface area contributed by atoms with Gasteiger partial charge in [-0.1, -0.05) is 79.7 Å². The summed E-state index contributed by atoms with van der Waals surface area (Å²) in [5.74, 6) is -0.110. The van der Waals surface area contributed by atoms with Crippen LogP contribution in [0.3, 0.4) is 0 Å². The van der Waals surface area contributed by atoms with Crippen molar-refractivity contribution in [2.75, 3.05) is 6.54 Å². The first-order chi connectivity index (χ1) is 15.4. The number of carbonyl (C=O) groups is 2. The predicted octanol–water partition coefficient (Wildman–Crippen LogP) is 5.32. The van der Waals surface area contributed by atoms with Crippen LogP contribution in [0.2, 0.25) is 0 Å². The third-order valence-electron chi connectivity index (χ3n) is 5.19. The van der Waals surface area contributed by atoms with E-state index in [0.29, 0.717) is 0 Å². The maximum Gasteiger partial charge on any atom is 0.410 e. The molecule has 0 fully saturated rings. The number of nitrogens with one attached hydrogen (secondary N) is 1. The molecule has 0 saturated heterocycles. The smallest absolute Gasteiger partial charge is 0.410 e. The van der Waals surface area contributed by atoms with Gasteiger partial charge in [-0.3, -0.25) is 4.90 Å². The standard InChI is InChI=1S/C26H32N2O4/c1-5-20(3)24(27-25(29)31-18-22-13-9-7-10-14-22)17-28(21(4)6-2)26(30)32-19-23-15-11-8-12-16-23/h5-16,20-21,24H,1-2,17-19H2,3-4H3,(H,27,29)/t20-,21+,24?/m1/s1. The van der Waals surface area contributed by atoms with E-state index in [0.717, 1.165) is 11.1 Å². The second kappa shape index (κ2) is 13.0. The van der Waals surface area contributed by atoms with Gasteiger partial charge in [-0.05, 0) is 24.0 Å². The Bertz CT molecular complexity index is 870. The first-order valence-corrected chi connectivity index (χ1v) is 10.6. The Labute approximate surface area is 190 Å². The van der Waals surface area contributed by atoms with Crippen LogP contribution in [0.4, 0.5) is 9.59 Å². The summed E-state index contributed by atoms with van der Waals surface area (Å²) in [5.41, 5.74) is 1.79. The number of alkyl carbamates (subject to hydrolysis) is 1. The minimum absolute atomic E-state index is 0.110. The molecule has 0 aliphatic rings. The Morgan fingerprint density at radius 3 is 1.94 bits per heavy atom. The van der Waals surface area contributed by atoms with E-state index >= 15 is 0 Å². The van der Waals surface area contributed by atoms with E-state index in [1.165, 1.54) is 4.90 Å². The van der Waals surface area contributed by atoms with Crippen LogP contribution >= 0.6 is 0 Å². The summed E-state index contributed by atoms with van der Waals surface area (Å²) in [5, 5.41) is 2.86. The monoisotopic (exact) mass is 436 g/mol. The minimum Gasteiger partial charge on any atom is -0.445 e. The molecule has 2 aromatic carbocycles. The third-order valence-corrected chi connectivity index (χ3v) is 5.19. The number of hydrogen-bond donors (Lipinski definition) is 1. The van der Waals surface area contributed by atoms with Crippen molar-refractivity contribution in [3.05, 3.63) is 97.1 Å². The van der Waals surface area contributed by atoms with Crippen molar-refractivity contribution in [3.63, 3.8) is 0 Å². The first kappa shape index (κ1) is 24.7. The molecule has 2 aromatic rings. The molecular formula is C26H32N2O4. The van der Waals surface area contributed by atoms with Crippen LogP contribution < -0.4 is 5.32 Å². The number of amides is 2. The van der Waals surface area contributed by atoms with Crippen molar-refractivity contribution in [2.45, 2.75) is 39.1 Å². The summed E-state index contributed by atoms with van der Waals surface area (Å²) in [6.45, 7) is 11.9. The molecule has 1 N–H and O–H groups in total. The fourth-order valence-corrected chi connectivity index (χ4v) is 2.97. The highest BCUT2D eigenvalue weighted by Gasteiger charge is 2.27. The molecule has 0 aliphatic heterocycles. The summed E-state index contributed by atoms with van der Waals surface area (Å²) in [4.78, 5) is 26.8. The van der Waals surface area contributed by atoms with E-state index in [-0.39, 0.29) is 31.7 Å². The summed E-state index contributed by atoms with van der Waals surface area (Å²) in [6.07, 6.45) is 2.35. The van der Waals surface area contributed by atoms with Crippen LogP contribution in [0.15, 0.2) is 86.0 Å². The number of nitrogens with zero attached hydrogens (tertiary/aromatic N) is 1. The van der Waals surface area contributed by atoms with Gasteiger partial charge in [-0.25, -0.2) is 9.59 Å². The lowest BCUT2D eigenvalue weighted by molar-refractivity contribution is 0.0811. The maximum atomic E-state index is 12.8. The van der Waals surface area contributed by atoms with E-state index in [9.17, 15) is 9.59 Å². The summed E-state index contributed by atoms with van der Waals surface area (Å²) >= 11 is 0. The highest BCUT2D eigenvalue weighted by Crippen LogP contribution is 2.13. The largest absolute Gasteiger partial charge is 0.445 e. The number of benzene rings is 2. The van der Waals surface area contributed by atoms with E-state index in [4.69, 9.17) is 9.47 Å². The van der Waals surface area contributed by atoms with Gasteiger partial charge in [-0.2, -0.15) is 0 Å². The number of hydrogen-bond acceptors (Lipinski definition) is 4. The summed E-state index contributed by atoms with van der Waals surface area (Å²) in [7, 11) is 0. The number of rotatable bonds is 11. The molecule has 0 bridgehead atoms. The van der Waals surface area contributed by atoms with E-state index in [2.05, 4.69) is 18.5 Å². The Hall–Kier alpha value is -3.54. The van der Waals surface area contributed by atoms with Crippen LogP contribution in [0.25, 0.3) is 0 Å². The molecule has 32 heavy (non-hydrogen) atoms. The summed E-state index contributed by atoms with van der Waals surface area (Å²) < 4.78 is 10.9. The zero-order chi connectivity index (χ0) is 23.3. The zero-order valence-electron chi connectivity index (χ0n) is 18.8. The average Bonchev–Trinajstić information content (AvgIpc) is 2.84. The quantitative estimate of drug-likeness (QED) is 0.484. The molecular weight excluding hydrogens is 404 g/mol. The fourth-order valence-electron chi connectivity index (χ4n) is 2.97. The number of carbonyl (C=O) groups excluding carboxylic acids is 2. The molecule has 0 aromatic heterocycles. The van der Waals surface area contributed by atoms with Gasteiger partial charge < -0.3 is 14.8 Å². The lowest BCUT2D eigenvalue weighted by Crippen LogP contribution is -2.51. The minimum atomic E-state index is -0.559. The molecule has 2 amide bonds. The van der Waals surface area contributed by atoms with Gasteiger partial charge in [0.15, 0.2) is 0 Å². The Morgan fingerprint density at radius 2 is 1.44 bits per heavy atom. The van der Waals surface area contributed by atoms with Gasteiger partial charge in [0.1, 0.15) is 13.2 Å². The van der Waals surface area contributed by atoms with Crippen LogP contribution in [0.5, 0.6) is 0 Å². The zero-order valence-corrected chi connectivity index (χ0v) is 18.8. The van der Waals surface area contributed by atoms with Gasteiger partial charge in [0, 0.05) is 6.54 Å². The molecule has 0 aliphatic carbocycles. The topological polar surface area (TPSA) is 67.9 Å². The van der Waals surface area contributed by atoms with Crippen molar-refractivity contribution < 1.29 is 19.1 Å². The van der Waals surface area contributed by atoms with Gasteiger partial charge in [0.05, 0.1) is 12.1 Å². The molecule has 170 valence electrons. The SMILES string of the molecule is C=C[C@@H](C)C(CN(C(=O)OCc1ccccc1)[C@@H](C)C=C)NC(=O)OCc1ccccc1. The lowest BCUT2D eigenvalue weighted by atomic mass is 10.0. The fraction of sp³-hybridized carbons (Fsp3) is 0.308. The van der Waals surface area contributed by atoms with Gasteiger partial charge in [0.25, 0.3) is 0 Å². The average molecular weight is 437 g/mol. The molecule has 6 nitrogen and oxygen atoms in total. The van der Waals surface area contributed by atoms with Crippen molar-refractivity contribution in [1.29, 1.82) is 0 Å². The highest BCUT2D eigenvalue weighted by atomic mass is 16.6. The van der Waals surface area contributed by atoms with Crippen LogP contribution in [0.1, 0.15) is 25.0 Å². The van der Waals surface area contributed by atoms with Gasteiger partial charge in [-0.15, -0.1) is 13.2 Å². The normalized spacial score (nSPS) is 13.2. The lowest BCUT2D eigenvalue weighted by Gasteiger charge is -2.32. The highest BCUT2D eigenvalue weighted by molar-refractivity contribution is 5.70. The second-order valence-electron chi connectivity index (χ2n) is 7.58. The second-order valence-corrected chi connectivity index (χ2v) is 7.58. The molecule has 0 spiro atoms. The first-order valence-electron chi connectivity index (χ1n) is 10.6. The molecule has 2 rings (SSSR count). The van der Waals surface area contributed by atoms with Crippen LogP contribution in [-0.4, -0.2) is 35.7 Å². The van der Waals surface area contributed by atoms with Gasteiger partial charge in [0.2, 0.25) is 0 Å². The van der Waals surface area contributed by atoms with Crippen molar-refractivity contribution in [3.8, 4) is 0 Å². The van der Waals surface area contributed by atoms with E-state index in [1.54, 1.807) is 12.2 Å². The van der Waals surface area contributed by atoms with Gasteiger partial charge >= 0.3 is 12.2 Å². The molecule has 0 saturated carbocycles. The Kier molecular flexibility index (Phi) is 10.0. The molecule has 0 heterocycles. The van der Waals surface area contributed by atoms with Crippen molar-refractivity contribution in [2.24, 2.45) is 5.92 Å². The summed E-state index contributed by atoms with van der Waals surface area (Å²) in [6, 6.07) is 18.2. The van der Waals surface area contributed by atoms with E-state index < -0.39 is 18.2 Å². The number of ether oxygens (including phenoxy) is 2. The Balaban J connectivity index is 2.02.